The number of carbonyl (C=O) groups is 1. The van der Waals surface area contributed by atoms with Gasteiger partial charge in [-0.15, -0.1) is 0 Å². The molecule has 1 aliphatic heterocycles. The summed E-state index contributed by atoms with van der Waals surface area (Å²) in [6.45, 7) is 5.76. The molecule has 1 aromatic heterocycles. The molecule has 2 aliphatic rings. The molecule has 1 amide bonds. The Labute approximate surface area is 164 Å². The van der Waals surface area contributed by atoms with Crippen molar-refractivity contribution in [2.45, 2.75) is 77.5 Å². The number of carbonyl (C=O) groups excluding carboxylic acids is 1. The summed E-state index contributed by atoms with van der Waals surface area (Å²) in [6, 6.07) is 3.97. The highest BCUT2D eigenvalue weighted by atomic mass is 79.9. The van der Waals surface area contributed by atoms with Crippen molar-refractivity contribution in [3.63, 3.8) is 0 Å². The van der Waals surface area contributed by atoms with Gasteiger partial charge in [0, 0.05) is 17.5 Å². The van der Waals surface area contributed by atoms with Crippen molar-refractivity contribution < 1.29 is 9.53 Å². The molecule has 1 saturated carbocycles. The van der Waals surface area contributed by atoms with Gasteiger partial charge < -0.3 is 4.74 Å². The Hall–Kier alpha value is -1.27. The SMILES string of the molecule is CCCCC1=NC2(CCCC2)C(=O)N1Cc1ccc(Br)c(COCC)n1. The zero-order chi connectivity index (χ0) is 18.6. The summed E-state index contributed by atoms with van der Waals surface area (Å²) in [6.07, 6.45) is 7.00. The normalized spacial score (nSPS) is 18.8. The van der Waals surface area contributed by atoms with Crippen LogP contribution in [0.5, 0.6) is 0 Å². The van der Waals surface area contributed by atoms with Crippen molar-refractivity contribution in [1.29, 1.82) is 0 Å². The number of aromatic nitrogens is 1. The van der Waals surface area contributed by atoms with Crippen molar-refractivity contribution in [3.8, 4) is 0 Å². The van der Waals surface area contributed by atoms with E-state index in [1.165, 1.54) is 0 Å². The van der Waals surface area contributed by atoms with Gasteiger partial charge in [-0.25, -0.2) is 0 Å². The average Bonchev–Trinajstić information content (AvgIpc) is 3.21. The first kappa shape index (κ1) is 19.5. The lowest BCUT2D eigenvalue weighted by Gasteiger charge is -2.22. The van der Waals surface area contributed by atoms with E-state index in [0.717, 1.165) is 66.6 Å². The molecule has 0 bridgehead atoms. The molecule has 142 valence electrons. The molecule has 0 unspecified atom stereocenters. The van der Waals surface area contributed by atoms with Crippen LogP contribution in [-0.4, -0.2) is 33.8 Å². The number of hydrogen-bond acceptors (Lipinski definition) is 4. The third-order valence-electron chi connectivity index (χ3n) is 5.22. The van der Waals surface area contributed by atoms with Crippen molar-refractivity contribution in [1.82, 2.24) is 9.88 Å². The molecule has 0 atom stereocenters. The maximum Gasteiger partial charge on any atom is 0.256 e. The van der Waals surface area contributed by atoms with Crippen LogP contribution < -0.4 is 0 Å². The highest BCUT2D eigenvalue weighted by molar-refractivity contribution is 9.10. The summed E-state index contributed by atoms with van der Waals surface area (Å²) in [5.41, 5.74) is 1.28. The molecule has 2 heterocycles. The first-order chi connectivity index (χ1) is 12.6. The summed E-state index contributed by atoms with van der Waals surface area (Å²) < 4.78 is 6.44. The molecule has 1 fully saturated rings. The van der Waals surface area contributed by atoms with Gasteiger partial charge >= 0.3 is 0 Å². The summed E-state index contributed by atoms with van der Waals surface area (Å²) in [4.78, 5) is 24.7. The van der Waals surface area contributed by atoms with Gasteiger partial charge in [0.05, 0.1) is 24.5 Å². The number of pyridine rings is 1. The molecule has 0 saturated heterocycles. The Morgan fingerprint density at radius 1 is 1.27 bits per heavy atom. The molecule has 3 rings (SSSR count). The van der Waals surface area contributed by atoms with Crippen LogP contribution in [-0.2, 0) is 22.7 Å². The Bertz CT molecular complexity index is 684. The van der Waals surface area contributed by atoms with E-state index in [2.05, 4.69) is 22.9 Å². The summed E-state index contributed by atoms with van der Waals surface area (Å²) in [5.74, 6) is 1.13. The molecule has 0 aromatic carbocycles. The Balaban J connectivity index is 1.80. The third kappa shape index (κ3) is 4.01. The lowest BCUT2D eigenvalue weighted by Crippen LogP contribution is -2.40. The Morgan fingerprint density at radius 2 is 2.04 bits per heavy atom. The fourth-order valence-corrected chi connectivity index (χ4v) is 4.11. The quantitative estimate of drug-likeness (QED) is 0.614. The van der Waals surface area contributed by atoms with E-state index < -0.39 is 5.54 Å². The van der Waals surface area contributed by atoms with E-state index in [-0.39, 0.29) is 5.91 Å². The van der Waals surface area contributed by atoms with Crippen LogP contribution in [0.15, 0.2) is 21.6 Å². The second kappa shape index (κ2) is 8.61. The van der Waals surface area contributed by atoms with Gasteiger partial charge in [0.15, 0.2) is 0 Å². The van der Waals surface area contributed by atoms with Crippen molar-refractivity contribution in [2.75, 3.05) is 6.61 Å². The smallest absolute Gasteiger partial charge is 0.256 e. The van der Waals surface area contributed by atoms with E-state index in [0.29, 0.717) is 19.8 Å². The molecule has 6 heteroatoms. The lowest BCUT2D eigenvalue weighted by molar-refractivity contribution is -0.131. The lowest BCUT2D eigenvalue weighted by atomic mass is 9.98. The van der Waals surface area contributed by atoms with Crippen LogP contribution in [0.25, 0.3) is 0 Å². The highest BCUT2D eigenvalue weighted by Gasteiger charge is 2.49. The number of ether oxygens (including phenoxy) is 1. The van der Waals surface area contributed by atoms with E-state index >= 15 is 0 Å². The van der Waals surface area contributed by atoms with E-state index in [1.54, 1.807) is 0 Å². The Morgan fingerprint density at radius 3 is 2.73 bits per heavy atom. The summed E-state index contributed by atoms with van der Waals surface area (Å²) in [7, 11) is 0. The minimum Gasteiger partial charge on any atom is -0.375 e. The van der Waals surface area contributed by atoms with Crippen molar-refractivity contribution in [3.05, 3.63) is 28.0 Å². The molecular weight excluding hydrogens is 394 g/mol. The van der Waals surface area contributed by atoms with Gasteiger partial charge in [-0.05, 0) is 54.2 Å². The second-order valence-electron chi connectivity index (χ2n) is 7.13. The molecule has 5 nitrogen and oxygen atoms in total. The monoisotopic (exact) mass is 421 g/mol. The zero-order valence-corrected chi connectivity index (χ0v) is 17.3. The molecule has 0 radical (unpaired) electrons. The van der Waals surface area contributed by atoms with Crippen LogP contribution in [0.4, 0.5) is 0 Å². The second-order valence-corrected chi connectivity index (χ2v) is 7.98. The highest BCUT2D eigenvalue weighted by Crippen LogP contribution is 2.40. The first-order valence-electron chi connectivity index (χ1n) is 9.72. The van der Waals surface area contributed by atoms with Gasteiger partial charge in [0.1, 0.15) is 11.4 Å². The minimum atomic E-state index is -0.480. The largest absolute Gasteiger partial charge is 0.375 e. The van der Waals surface area contributed by atoms with Gasteiger partial charge in [0.2, 0.25) is 0 Å². The number of nitrogens with zero attached hydrogens (tertiary/aromatic N) is 3. The fourth-order valence-electron chi connectivity index (χ4n) is 3.78. The third-order valence-corrected chi connectivity index (χ3v) is 5.94. The number of hydrogen-bond donors (Lipinski definition) is 0. The van der Waals surface area contributed by atoms with Crippen molar-refractivity contribution in [2.24, 2.45) is 4.99 Å². The van der Waals surface area contributed by atoms with Crippen LogP contribution in [0.3, 0.4) is 0 Å². The number of rotatable bonds is 8. The standard InChI is InChI=1S/C20H28BrN3O2/c1-3-5-8-18-23-20(11-6-7-12-20)19(25)24(18)13-15-9-10-16(21)17(22-15)14-26-4-2/h9-10H,3-8,11-14H2,1-2H3. The summed E-state index contributed by atoms with van der Waals surface area (Å²) in [5, 5.41) is 0. The molecule has 1 aliphatic carbocycles. The predicted octanol–water partition coefficient (Wildman–Crippen LogP) is 4.62. The molecule has 1 aromatic rings. The van der Waals surface area contributed by atoms with E-state index in [4.69, 9.17) is 14.7 Å². The van der Waals surface area contributed by atoms with Crippen LogP contribution in [0.1, 0.15) is 70.2 Å². The number of aliphatic imine (C=N–C) groups is 1. The van der Waals surface area contributed by atoms with Gasteiger partial charge in [0.25, 0.3) is 5.91 Å². The van der Waals surface area contributed by atoms with Crippen LogP contribution >= 0.6 is 15.9 Å². The fraction of sp³-hybridized carbons (Fsp3) is 0.650. The van der Waals surface area contributed by atoms with E-state index in [1.807, 2.05) is 24.0 Å². The van der Waals surface area contributed by atoms with Crippen LogP contribution in [0, 0.1) is 0 Å². The maximum absolute atomic E-state index is 13.2. The number of halogens is 1. The number of amides is 1. The van der Waals surface area contributed by atoms with Gasteiger partial charge in [-0.1, -0.05) is 26.2 Å². The zero-order valence-electron chi connectivity index (χ0n) is 15.8. The predicted molar refractivity (Wildman–Crippen MR) is 106 cm³/mol. The minimum absolute atomic E-state index is 0.178. The number of unbranched alkanes of at least 4 members (excludes halogenated alkanes) is 1. The first-order valence-corrected chi connectivity index (χ1v) is 10.5. The molecule has 0 N–H and O–H groups in total. The Kier molecular flexibility index (Phi) is 6.46. The number of amidine groups is 1. The molecule has 1 spiro atoms. The van der Waals surface area contributed by atoms with Crippen LogP contribution in [0.2, 0.25) is 0 Å². The maximum atomic E-state index is 13.2. The topological polar surface area (TPSA) is 54.8 Å². The van der Waals surface area contributed by atoms with E-state index in [9.17, 15) is 4.79 Å². The average molecular weight is 422 g/mol. The van der Waals surface area contributed by atoms with Crippen molar-refractivity contribution >= 4 is 27.7 Å². The molecular formula is C20H28BrN3O2. The van der Waals surface area contributed by atoms with Gasteiger partial charge in [-0.2, -0.15) is 0 Å². The molecule has 26 heavy (non-hydrogen) atoms. The summed E-state index contributed by atoms with van der Waals surface area (Å²) >= 11 is 3.53. The van der Waals surface area contributed by atoms with Gasteiger partial charge in [-0.3, -0.25) is 19.7 Å².